The van der Waals surface area contributed by atoms with Gasteiger partial charge in [-0.3, -0.25) is 0 Å². The van der Waals surface area contributed by atoms with E-state index in [1.807, 2.05) is 30.3 Å². The molecule has 0 radical (unpaired) electrons. The predicted octanol–water partition coefficient (Wildman–Crippen LogP) is 2.69. The monoisotopic (exact) mass is 358 g/mol. The molecule has 0 aliphatic heterocycles. The molecule has 0 amide bonds. The van der Waals surface area contributed by atoms with E-state index in [1.54, 1.807) is 30.7 Å². The number of sulfonamides is 1. The van der Waals surface area contributed by atoms with Gasteiger partial charge in [-0.1, -0.05) is 18.2 Å². The summed E-state index contributed by atoms with van der Waals surface area (Å²) in [6, 6.07) is 14.1. The molecule has 1 aromatic heterocycles. The predicted molar refractivity (Wildman–Crippen MR) is 94.6 cm³/mol. The Morgan fingerprint density at radius 3 is 2.44 bits per heavy atom. The molecular formula is C17H18N4O3S. The molecule has 0 aliphatic rings. The first kappa shape index (κ1) is 17.0. The summed E-state index contributed by atoms with van der Waals surface area (Å²) in [4.78, 5) is 4.35. The number of aromatic nitrogens is 3. The van der Waals surface area contributed by atoms with Crippen LogP contribution in [0.2, 0.25) is 0 Å². The number of ether oxygens (including phenoxy) is 1. The first-order chi connectivity index (χ1) is 11.9. The Balaban J connectivity index is 1.92. The second-order valence-electron chi connectivity index (χ2n) is 5.47. The van der Waals surface area contributed by atoms with Crippen LogP contribution < -0.4 is 9.46 Å². The SMILES string of the molecule is COc1ccc(S(=O)(=O)Nc2nc(C)n(-c3ccccc3)n2)c(C)c1. The fourth-order valence-corrected chi connectivity index (χ4v) is 3.64. The lowest BCUT2D eigenvalue weighted by Crippen LogP contribution is -2.15. The average Bonchev–Trinajstić information content (AvgIpc) is 2.94. The zero-order chi connectivity index (χ0) is 18.0. The van der Waals surface area contributed by atoms with Crippen LogP contribution in [0, 0.1) is 13.8 Å². The van der Waals surface area contributed by atoms with E-state index in [4.69, 9.17) is 4.74 Å². The number of nitrogens with zero attached hydrogens (tertiary/aromatic N) is 3. The Hall–Kier alpha value is -2.87. The van der Waals surface area contributed by atoms with Crippen molar-refractivity contribution < 1.29 is 13.2 Å². The zero-order valence-electron chi connectivity index (χ0n) is 14.1. The molecule has 0 saturated carbocycles. The van der Waals surface area contributed by atoms with Gasteiger partial charge in [0.25, 0.3) is 16.0 Å². The fraction of sp³-hybridized carbons (Fsp3) is 0.176. The molecular weight excluding hydrogens is 340 g/mol. The summed E-state index contributed by atoms with van der Waals surface area (Å²) in [5, 5.41) is 4.24. The van der Waals surface area contributed by atoms with E-state index in [0.29, 0.717) is 17.1 Å². The second-order valence-corrected chi connectivity index (χ2v) is 7.12. The molecule has 2 aromatic carbocycles. The highest BCUT2D eigenvalue weighted by molar-refractivity contribution is 7.92. The van der Waals surface area contributed by atoms with Crippen LogP contribution in [-0.2, 0) is 10.0 Å². The summed E-state index contributed by atoms with van der Waals surface area (Å²) in [6.45, 7) is 3.47. The van der Waals surface area contributed by atoms with Crippen LogP contribution in [0.15, 0.2) is 53.4 Å². The normalized spacial score (nSPS) is 11.3. The maximum absolute atomic E-state index is 12.6. The van der Waals surface area contributed by atoms with Crippen LogP contribution in [0.5, 0.6) is 5.75 Å². The van der Waals surface area contributed by atoms with E-state index in [2.05, 4.69) is 14.8 Å². The first-order valence-electron chi connectivity index (χ1n) is 7.57. The van der Waals surface area contributed by atoms with Crippen LogP contribution >= 0.6 is 0 Å². The Morgan fingerprint density at radius 1 is 1.08 bits per heavy atom. The molecule has 0 spiro atoms. The number of para-hydroxylation sites is 1. The Morgan fingerprint density at radius 2 is 1.80 bits per heavy atom. The number of rotatable bonds is 5. The molecule has 25 heavy (non-hydrogen) atoms. The molecule has 0 fully saturated rings. The highest BCUT2D eigenvalue weighted by Crippen LogP contribution is 2.23. The van der Waals surface area contributed by atoms with Gasteiger partial charge in [0, 0.05) is 0 Å². The van der Waals surface area contributed by atoms with Crippen LogP contribution in [0.25, 0.3) is 5.69 Å². The summed E-state index contributed by atoms with van der Waals surface area (Å²) in [6.07, 6.45) is 0. The first-order valence-corrected chi connectivity index (χ1v) is 9.05. The molecule has 1 heterocycles. The third kappa shape index (κ3) is 3.48. The van der Waals surface area contributed by atoms with E-state index in [0.717, 1.165) is 5.69 Å². The third-order valence-electron chi connectivity index (χ3n) is 3.67. The molecule has 130 valence electrons. The quantitative estimate of drug-likeness (QED) is 0.758. The third-order valence-corrected chi connectivity index (χ3v) is 5.16. The smallest absolute Gasteiger partial charge is 0.264 e. The van der Waals surface area contributed by atoms with Gasteiger partial charge in [-0.2, -0.15) is 4.98 Å². The lowest BCUT2D eigenvalue weighted by atomic mass is 10.2. The molecule has 3 aromatic rings. The van der Waals surface area contributed by atoms with Crippen molar-refractivity contribution in [1.82, 2.24) is 14.8 Å². The van der Waals surface area contributed by atoms with E-state index >= 15 is 0 Å². The number of benzene rings is 2. The van der Waals surface area contributed by atoms with Crippen LogP contribution in [0.3, 0.4) is 0 Å². The van der Waals surface area contributed by atoms with Crippen molar-refractivity contribution in [3.8, 4) is 11.4 Å². The average molecular weight is 358 g/mol. The molecule has 0 unspecified atom stereocenters. The Labute approximate surface area is 146 Å². The van der Waals surface area contributed by atoms with Gasteiger partial charge in [0.1, 0.15) is 11.6 Å². The van der Waals surface area contributed by atoms with Crippen molar-refractivity contribution in [3.05, 3.63) is 59.9 Å². The van der Waals surface area contributed by atoms with Gasteiger partial charge in [-0.05, 0) is 49.7 Å². The molecule has 8 heteroatoms. The van der Waals surface area contributed by atoms with Gasteiger partial charge in [0.2, 0.25) is 0 Å². The van der Waals surface area contributed by atoms with E-state index in [9.17, 15) is 8.42 Å². The zero-order valence-corrected chi connectivity index (χ0v) is 14.9. The minimum atomic E-state index is -3.80. The number of hydrogen-bond acceptors (Lipinski definition) is 5. The summed E-state index contributed by atoms with van der Waals surface area (Å²) < 4.78 is 34.4. The Bertz CT molecular complexity index is 998. The van der Waals surface area contributed by atoms with Crippen molar-refractivity contribution in [2.24, 2.45) is 0 Å². The maximum atomic E-state index is 12.6. The van der Waals surface area contributed by atoms with Crippen molar-refractivity contribution >= 4 is 16.0 Å². The largest absolute Gasteiger partial charge is 0.497 e. The van der Waals surface area contributed by atoms with Gasteiger partial charge < -0.3 is 4.74 Å². The minimum absolute atomic E-state index is 0.0246. The molecule has 0 aliphatic carbocycles. The van der Waals surface area contributed by atoms with E-state index in [-0.39, 0.29) is 10.8 Å². The topological polar surface area (TPSA) is 86.1 Å². The highest BCUT2D eigenvalue weighted by atomic mass is 32.2. The molecule has 7 nitrogen and oxygen atoms in total. The summed E-state index contributed by atoms with van der Waals surface area (Å²) in [5.41, 5.74) is 1.38. The lowest BCUT2D eigenvalue weighted by Gasteiger charge is -2.09. The minimum Gasteiger partial charge on any atom is -0.497 e. The van der Waals surface area contributed by atoms with Crippen molar-refractivity contribution in [2.75, 3.05) is 11.8 Å². The molecule has 1 N–H and O–H groups in total. The van der Waals surface area contributed by atoms with Gasteiger partial charge in [-0.25, -0.2) is 17.8 Å². The van der Waals surface area contributed by atoms with Gasteiger partial charge in [0.05, 0.1) is 17.7 Å². The maximum Gasteiger partial charge on any atom is 0.264 e. The summed E-state index contributed by atoms with van der Waals surface area (Å²) in [5.74, 6) is 1.20. The van der Waals surface area contributed by atoms with Crippen LogP contribution in [0.4, 0.5) is 5.95 Å². The number of aryl methyl sites for hydroxylation is 2. The number of methoxy groups -OCH3 is 1. The summed E-state index contributed by atoms with van der Waals surface area (Å²) in [7, 11) is -2.27. The molecule has 3 rings (SSSR count). The van der Waals surface area contributed by atoms with Crippen molar-refractivity contribution in [1.29, 1.82) is 0 Å². The van der Waals surface area contributed by atoms with Crippen LogP contribution in [-0.4, -0.2) is 30.3 Å². The van der Waals surface area contributed by atoms with Crippen LogP contribution in [0.1, 0.15) is 11.4 Å². The van der Waals surface area contributed by atoms with E-state index < -0.39 is 10.0 Å². The van der Waals surface area contributed by atoms with Crippen molar-refractivity contribution in [2.45, 2.75) is 18.7 Å². The molecule has 0 saturated heterocycles. The number of hydrogen-bond donors (Lipinski definition) is 1. The molecule has 0 bridgehead atoms. The highest BCUT2D eigenvalue weighted by Gasteiger charge is 2.20. The second kappa shape index (κ2) is 6.56. The standard InChI is InChI=1S/C17H18N4O3S/c1-12-11-15(24-3)9-10-16(12)25(22,23)20-17-18-13(2)21(19-17)14-7-5-4-6-8-14/h4-11H,1-3H3,(H,19,20). The Kier molecular flexibility index (Phi) is 4.45. The van der Waals surface area contributed by atoms with Gasteiger partial charge in [-0.15, -0.1) is 5.10 Å². The molecule has 0 atom stereocenters. The number of nitrogens with one attached hydrogen (secondary N) is 1. The van der Waals surface area contributed by atoms with Gasteiger partial charge >= 0.3 is 0 Å². The van der Waals surface area contributed by atoms with E-state index in [1.165, 1.54) is 13.2 Å². The lowest BCUT2D eigenvalue weighted by molar-refractivity contribution is 0.414. The fourth-order valence-electron chi connectivity index (χ4n) is 2.47. The number of anilines is 1. The summed E-state index contributed by atoms with van der Waals surface area (Å²) >= 11 is 0. The van der Waals surface area contributed by atoms with Gasteiger partial charge in [0.15, 0.2) is 0 Å². The van der Waals surface area contributed by atoms with Crippen molar-refractivity contribution in [3.63, 3.8) is 0 Å².